The van der Waals surface area contributed by atoms with Gasteiger partial charge in [-0.05, 0) is 43.7 Å². The van der Waals surface area contributed by atoms with Gasteiger partial charge >= 0.3 is 5.97 Å². The van der Waals surface area contributed by atoms with E-state index in [9.17, 15) is 9.59 Å². The second-order valence-electron chi connectivity index (χ2n) is 5.89. The number of para-hydroxylation sites is 2. The third-order valence-corrected chi connectivity index (χ3v) is 4.13. The molecule has 26 heavy (non-hydrogen) atoms. The van der Waals surface area contributed by atoms with Crippen LogP contribution in [-0.4, -0.2) is 30.7 Å². The molecule has 3 rings (SSSR count). The summed E-state index contributed by atoms with van der Waals surface area (Å²) >= 11 is 5.94. The number of anilines is 1. The molecule has 2 aromatic rings. The van der Waals surface area contributed by atoms with Gasteiger partial charge in [-0.3, -0.25) is 4.79 Å². The number of esters is 1. The average molecular weight is 376 g/mol. The molecule has 0 spiro atoms. The summed E-state index contributed by atoms with van der Waals surface area (Å²) in [5.74, 6) is -0.0862. The van der Waals surface area contributed by atoms with Crippen LogP contribution in [0, 0.1) is 6.92 Å². The highest BCUT2D eigenvalue weighted by atomic mass is 35.5. The lowest BCUT2D eigenvalue weighted by Gasteiger charge is -2.26. The van der Waals surface area contributed by atoms with E-state index >= 15 is 0 Å². The molecule has 1 N–H and O–H groups in total. The highest BCUT2D eigenvalue weighted by Gasteiger charge is 2.31. The van der Waals surface area contributed by atoms with E-state index in [0.29, 0.717) is 22.2 Å². The van der Waals surface area contributed by atoms with Crippen LogP contribution in [0.4, 0.5) is 5.69 Å². The lowest BCUT2D eigenvalue weighted by molar-refractivity contribution is -0.162. The van der Waals surface area contributed by atoms with Gasteiger partial charge in [-0.25, -0.2) is 4.79 Å². The minimum Gasteiger partial charge on any atom is -0.485 e. The number of amides is 1. The number of nitrogens with one attached hydrogen (secondary N) is 1. The zero-order chi connectivity index (χ0) is 18.7. The van der Waals surface area contributed by atoms with Gasteiger partial charge in [0.25, 0.3) is 5.91 Å². The normalized spacial score (nSPS) is 16.5. The maximum absolute atomic E-state index is 12.3. The maximum atomic E-state index is 12.3. The first-order valence-electron chi connectivity index (χ1n) is 8.10. The lowest BCUT2D eigenvalue weighted by atomic mass is 10.2. The van der Waals surface area contributed by atoms with E-state index in [0.717, 1.165) is 5.56 Å². The second-order valence-corrected chi connectivity index (χ2v) is 6.33. The second kappa shape index (κ2) is 7.66. The van der Waals surface area contributed by atoms with Crippen molar-refractivity contribution in [1.82, 2.24) is 0 Å². The predicted molar refractivity (Wildman–Crippen MR) is 96.7 cm³/mol. The van der Waals surface area contributed by atoms with Gasteiger partial charge in [0.05, 0.1) is 0 Å². The van der Waals surface area contributed by atoms with Crippen LogP contribution >= 0.6 is 11.6 Å². The van der Waals surface area contributed by atoms with Crippen LogP contribution in [-0.2, 0) is 14.3 Å². The van der Waals surface area contributed by atoms with Crippen molar-refractivity contribution in [3.8, 4) is 11.5 Å². The fourth-order valence-electron chi connectivity index (χ4n) is 2.40. The van der Waals surface area contributed by atoms with Crippen molar-refractivity contribution in [3.63, 3.8) is 0 Å². The van der Waals surface area contributed by atoms with Crippen LogP contribution in [0.2, 0.25) is 5.02 Å². The van der Waals surface area contributed by atoms with Crippen LogP contribution in [0.3, 0.4) is 0 Å². The van der Waals surface area contributed by atoms with Crippen molar-refractivity contribution in [3.05, 3.63) is 53.1 Å². The van der Waals surface area contributed by atoms with Gasteiger partial charge in [-0.15, -0.1) is 0 Å². The van der Waals surface area contributed by atoms with Crippen LogP contribution in [0.15, 0.2) is 42.5 Å². The molecule has 1 aliphatic heterocycles. The van der Waals surface area contributed by atoms with E-state index in [4.69, 9.17) is 25.8 Å². The SMILES string of the molecule is Cc1ccc(Cl)cc1NC(=O)[C@@H](C)OC(=O)[C@H]1COc2ccccc2O1. The zero-order valence-corrected chi connectivity index (χ0v) is 15.1. The van der Waals surface area contributed by atoms with E-state index in [1.807, 2.05) is 13.0 Å². The van der Waals surface area contributed by atoms with Crippen molar-refractivity contribution in [2.45, 2.75) is 26.1 Å². The van der Waals surface area contributed by atoms with Crippen LogP contribution in [0.5, 0.6) is 11.5 Å². The number of rotatable bonds is 4. The molecule has 0 radical (unpaired) electrons. The van der Waals surface area contributed by atoms with Gasteiger partial charge in [-0.2, -0.15) is 0 Å². The minimum absolute atomic E-state index is 0.0254. The number of carbonyl (C=O) groups is 2. The average Bonchev–Trinajstić information content (AvgIpc) is 2.64. The topological polar surface area (TPSA) is 73.9 Å². The Morgan fingerprint density at radius 2 is 1.96 bits per heavy atom. The molecule has 2 atom stereocenters. The van der Waals surface area contributed by atoms with E-state index in [-0.39, 0.29) is 6.61 Å². The van der Waals surface area contributed by atoms with Crippen molar-refractivity contribution in [2.75, 3.05) is 11.9 Å². The fraction of sp³-hybridized carbons (Fsp3) is 0.263. The molecule has 2 aromatic carbocycles. The molecule has 0 fully saturated rings. The number of hydrogen-bond acceptors (Lipinski definition) is 5. The third-order valence-electron chi connectivity index (χ3n) is 3.89. The van der Waals surface area contributed by atoms with E-state index in [1.54, 1.807) is 36.4 Å². The van der Waals surface area contributed by atoms with Crippen molar-refractivity contribution in [1.29, 1.82) is 0 Å². The predicted octanol–water partition coefficient (Wildman–Crippen LogP) is 3.36. The highest BCUT2D eigenvalue weighted by Crippen LogP contribution is 2.31. The number of fused-ring (bicyclic) bond motifs is 1. The molecule has 0 saturated carbocycles. The molecular formula is C19H18ClNO5. The van der Waals surface area contributed by atoms with Crippen LogP contribution < -0.4 is 14.8 Å². The molecular weight excluding hydrogens is 358 g/mol. The Balaban J connectivity index is 1.59. The smallest absolute Gasteiger partial charge is 0.351 e. The summed E-state index contributed by atoms with van der Waals surface area (Å²) in [5, 5.41) is 3.20. The Bertz CT molecular complexity index is 838. The van der Waals surface area contributed by atoms with Gasteiger partial charge in [0.1, 0.15) is 6.61 Å². The summed E-state index contributed by atoms with van der Waals surface area (Å²) in [6.07, 6.45) is -1.92. The molecule has 0 bridgehead atoms. The lowest BCUT2D eigenvalue weighted by Crippen LogP contribution is -2.41. The monoisotopic (exact) mass is 375 g/mol. The Labute approximate surface area is 156 Å². The van der Waals surface area contributed by atoms with Gasteiger partial charge in [-0.1, -0.05) is 29.8 Å². The van der Waals surface area contributed by atoms with E-state index < -0.39 is 24.1 Å². The van der Waals surface area contributed by atoms with E-state index in [1.165, 1.54) is 6.92 Å². The summed E-state index contributed by atoms with van der Waals surface area (Å²) in [5.41, 5.74) is 1.42. The number of ether oxygens (including phenoxy) is 3. The van der Waals surface area contributed by atoms with Crippen molar-refractivity contribution >= 4 is 29.2 Å². The van der Waals surface area contributed by atoms with Gasteiger partial charge in [0.2, 0.25) is 6.10 Å². The van der Waals surface area contributed by atoms with Gasteiger partial charge in [0.15, 0.2) is 17.6 Å². The van der Waals surface area contributed by atoms with Crippen molar-refractivity contribution < 1.29 is 23.8 Å². The molecule has 0 aliphatic carbocycles. The number of aryl methyl sites for hydroxylation is 1. The quantitative estimate of drug-likeness (QED) is 0.829. The summed E-state index contributed by atoms with van der Waals surface area (Å²) in [7, 11) is 0. The first kappa shape index (κ1) is 18.1. The number of carbonyl (C=O) groups excluding carboxylic acids is 2. The molecule has 7 heteroatoms. The standard InChI is InChI=1S/C19H18ClNO5/c1-11-7-8-13(20)9-14(11)21-18(22)12(2)25-19(23)17-10-24-15-5-3-4-6-16(15)26-17/h3-9,12,17H,10H2,1-2H3,(H,21,22)/t12-,17-/m1/s1. The largest absolute Gasteiger partial charge is 0.485 e. The summed E-state index contributed by atoms with van der Waals surface area (Å²) < 4.78 is 16.3. The molecule has 1 aliphatic rings. The van der Waals surface area contributed by atoms with E-state index in [2.05, 4.69) is 5.32 Å². The molecule has 136 valence electrons. The number of benzene rings is 2. The van der Waals surface area contributed by atoms with Crippen LogP contribution in [0.1, 0.15) is 12.5 Å². The number of hydrogen-bond donors (Lipinski definition) is 1. The zero-order valence-electron chi connectivity index (χ0n) is 14.3. The van der Waals surface area contributed by atoms with Gasteiger partial charge < -0.3 is 19.5 Å². The first-order chi connectivity index (χ1) is 12.4. The fourth-order valence-corrected chi connectivity index (χ4v) is 2.57. The molecule has 0 aromatic heterocycles. The number of halogens is 1. The van der Waals surface area contributed by atoms with Crippen LogP contribution in [0.25, 0.3) is 0 Å². The summed E-state index contributed by atoms with van der Waals surface area (Å²) in [4.78, 5) is 24.6. The Morgan fingerprint density at radius 3 is 2.73 bits per heavy atom. The molecule has 0 saturated heterocycles. The van der Waals surface area contributed by atoms with Gasteiger partial charge in [0, 0.05) is 10.7 Å². The maximum Gasteiger partial charge on any atom is 0.351 e. The Kier molecular flexibility index (Phi) is 5.32. The third kappa shape index (κ3) is 4.08. The Morgan fingerprint density at radius 1 is 1.23 bits per heavy atom. The van der Waals surface area contributed by atoms with Crippen molar-refractivity contribution in [2.24, 2.45) is 0 Å². The summed E-state index contributed by atoms with van der Waals surface area (Å²) in [6.45, 7) is 3.36. The minimum atomic E-state index is -0.998. The molecule has 0 unspecified atom stereocenters. The Hall–Kier alpha value is -2.73. The molecule has 1 amide bonds. The first-order valence-corrected chi connectivity index (χ1v) is 8.48. The summed E-state index contributed by atoms with van der Waals surface area (Å²) in [6, 6.07) is 12.2. The molecule has 1 heterocycles. The highest BCUT2D eigenvalue weighted by molar-refractivity contribution is 6.31. The molecule has 6 nitrogen and oxygen atoms in total.